The van der Waals surface area contributed by atoms with Crippen molar-refractivity contribution in [3.8, 4) is 0 Å². The van der Waals surface area contributed by atoms with E-state index >= 15 is 0 Å². The fourth-order valence-electron chi connectivity index (χ4n) is 2.36. The molecular weight excluding hydrogens is 326 g/mol. The minimum Gasteiger partial charge on any atom is -0.278 e. The van der Waals surface area contributed by atoms with Crippen LogP contribution in [-0.4, -0.2) is 10.6 Å². The van der Waals surface area contributed by atoms with Crippen molar-refractivity contribution in [3.63, 3.8) is 0 Å². The van der Waals surface area contributed by atoms with Crippen molar-refractivity contribution in [2.75, 3.05) is 5.43 Å². The Morgan fingerprint density at radius 3 is 2.31 bits per heavy atom. The number of hydrogen-bond acceptors (Lipinski definition) is 4. The highest BCUT2D eigenvalue weighted by Gasteiger charge is 2.04. The van der Waals surface area contributed by atoms with E-state index in [4.69, 9.17) is 0 Å². The van der Waals surface area contributed by atoms with E-state index in [1.54, 1.807) is 6.07 Å². The highest BCUT2D eigenvalue weighted by molar-refractivity contribution is 6.11. The number of para-hydroxylation sites is 1. The number of hydrazone groups is 1. The maximum absolute atomic E-state index is 10.9. The van der Waals surface area contributed by atoms with Crippen LogP contribution in [0.3, 0.4) is 0 Å². The molecule has 3 rings (SSSR count). The van der Waals surface area contributed by atoms with Crippen LogP contribution in [0.15, 0.2) is 96.1 Å². The number of non-ortho nitro benzene ring substituents is 1. The Labute approximate surface area is 151 Å². The van der Waals surface area contributed by atoms with Gasteiger partial charge in [-0.25, -0.2) is 0 Å². The lowest BCUT2D eigenvalue weighted by Crippen LogP contribution is -2.01. The molecule has 0 aliphatic rings. The predicted octanol–water partition coefficient (Wildman–Crippen LogP) is 5.12. The lowest BCUT2D eigenvalue weighted by Gasteiger charge is -2.04. The minimum atomic E-state index is -0.402. The van der Waals surface area contributed by atoms with Crippen molar-refractivity contribution in [2.45, 2.75) is 0 Å². The summed E-state index contributed by atoms with van der Waals surface area (Å²) in [7, 11) is 0. The number of nitro groups is 1. The molecule has 0 radical (unpaired) electrons. The molecule has 0 atom stereocenters. The van der Waals surface area contributed by atoms with Crippen LogP contribution in [-0.2, 0) is 0 Å². The topological polar surface area (TPSA) is 67.5 Å². The Morgan fingerprint density at radius 1 is 0.923 bits per heavy atom. The Balaban J connectivity index is 1.88. The average Bonchev–Trinajstić information content (AvgIpc) is 2.69. The maximum atomic E-state index is 10.9. The van der Waals surface area contributed by atoms with Gasteiger partial charge in [0.1, 0.15) is 0 Å². The summed E-state index contributed by atoms with van der Waals surface area (Å²) in [6, 6.07) is 25.9. The van der Waals surface area contributed by atoms with Gasteiger partial charge in [-0.3, -0.25) is 15.5 Å². The summed E-state index contributed by atoms with van der Waals surface area (Å²) in [6.45, 7) is 0. The monoisotopic (exact) mass is 343 g/mol. The molecule has 0 bridgehead atoms. The van der Waals surface area contributed by atoms with Gasteiger partial charge in [-0.1, -0.05) is 66.7 Å². The number of hydrogen-bond donors (Lipinski definition) is 1. The summed E-state index contributed by atoms with van der Waals surface area (Å²) >= 11 is 0. The van der Waals surface area contributed by atoms with E-state index in [2.05, 4.69) is 10.5 Å². The van der Waals surface area contributed by atoms with Gasteiger partial charge >= 0.3 is 0 Å². The van der Waals surface area contributed by atoms with E-state index < -0.39 is 4.92 Å². The van der Waals surface area contributed by atoms with Crippen molar-refractivity contribution in [1.82, 2.24) is 0 Å². The molecule has 128 valence electrons. The van der Waals surface area contributed by atoms with Crippen molar-refractivity contribution in [2.24, 2.45) is 5.10 Å². The van der Waals surface area contributed by atoms with E-state index in [1.165, 1.54) is 12.1 Å². The second-order valence-electron chi connectivity index (χ2n) is 5.53. The Morgan fingerprint density at radius 2 is 1.62 bits per heavy atom. The summed E-state index contributed by atoms with van der Waals surface area (Å²) < 4.78 is 0. The summed E-state index contributed by atoms with van der Waals surface area (Å²) in [5.41, 5.74) is 6.38. The Kier molecular flexibility index (Phi) is 5.52. The third-order valence-corrected chi connectivity index (χ3v) is 3.66. The van der Waals surface area contributed by atoms with Crippen LogP contribution in [0.5, 0.6) is 0 Å². The van der Waals surface area contributed by atoms with Crippen LogP contribution in [0.2, 0.25) is 0 Å². The largest absolute Gasteiger partial charge is 0.278 e. The summed E-state index contributed by atoms with van der Waals surface area (Å²) in [5.74, 6) is 0. The smallest absolute Gasteiger partial charge is 0.270 e. The zero-order chi connectivity index (χ0) is 18.2. The summed E-state index contributed by atoms with van der Waals surface area (Å²) in [6.07, 6.45) is 3.65. The lowest BCUT2D eigenvalue weighted by molar-refractivity contribution is -0.384. The molecule has 0 aliphatic heterocycles. The molecule has 0 aliphatic carbocycles. The zero-order valence-corrected chi connectivity index (χ0v) is 13.9. The fraction of sp³-hybridized carbons (Fsp3) is 0. The van der Waals surface area contributed by atoms with E-state index in [1.807, 2.05) is 78.9 Å². The molecule has 0 amide bonds. The Bertz CT molecular complexity index is 936. The van der Waals surface area contributed by atoms with Crippen molar-refractivity contribution < 1.29 is 4.92 Å². The first-order valence-corrected chi connectivity index (χ1v) is 8.09. The third kappa shape index (κ3) is 4.64. The van der Waals surface area contributed by atoms with Gasteiger partial charge in [0, 0.05) is 17.7 Å². The first kappa shape index (κ1) is 17.1. The van der Waals surface area contributed by atoms with Gasteiger partial charge in [0.05, 0.1) is 16.3 Å². The van der Waals surface area contributed by atoms with Gasteiger partial charge in [-0.15, -0.1) is 0 Å². The van der Waals surface area contributed by atoms with E-state index in [9.17, 15) is 10.1 Å². The number of anilines is 1. The average molecular weight is 343 g/mol. The summed E-state index contributed by atoms with van der Waals surface area (Å²) in [4.78, 5) is 10.5. The standard InChI is InChI=1S/C21H17N3O2/c25-24(26)20-13-7-8-17(16-20)14-15-21(18-9-3-1-4-10-18)23-22-19-11-5-2-6-12-19/h1-16,22H/b15-14+,23-21+. The molecule has 3 aromatic carbocycles. The highest BCUT2D eigenvalue weighted by atomic mass is 16.6. The molecule has 0 saturated carbocycles. The first-order chi connectivity index (χ1) is 12.7. The maximum Gasteiger partial charge on any atom is 0.270 e. The summed E-state index contributed by atoms with van der Waals surface area (Å²) in [5, 5.41) is 15.4. The van der Waals surface area contributed by atoms with Crippen molar-refractivity contribution >= 4 is 23.2 Å². The van der Waals surface area contributed by atoms with E-state index in [0.29, 0.717) is 0 Å². The molecule has 0 saturated heterocycles. The van der Waals surface area contributed by atoms with Gasteiger partial charge in [0.25, 0.3) is 5.69 Å². The number of nitrogens with zero attached hydrogens (tertiary/aromatic N) is 2. The normalized spacial score (nSPS) is 11.5. The molecule has 5 heteroatoms. The molecule has 5 nitrogen and oxygen atoms in total. The number of benzene rings is 3. The van der Waals surface area contributed by atoms with Gasteiger partial charge in [-0.2, -0.15) is 5.10 Å². The van der Waals surface area contributed by atoms with Gasteiger partial charge in [0.2, 0.25) is 0 Å². The van der Waals surface area contributed by atoms with Crippen LogP contribution in [0.4, 0.5) is 11.4 Å². The molecular formula is C21H17N3O2. The number of nitro benzene ring substituents is 1. The third-order valence-electron chi connectivity index (χ3n) is 3.66. The molecule has 0 fully saturated rings. The minimum absolute atomic E-state index is 0.0627. The van der Waals surface area contributed by atoms with Crippen molar-refractivity contribution in [1.29, 1.82) is 0 Å². The number of nitrogens with one attached hydrogen (secondary N) is 1. The highest BCUT2D eigenvalue weighted by Crippen LogP contribution is 2.15. The van der Waals surface area contributed by atoms with E-state index in [-0.39, 0.29) is 5.69 Å². The number of rotatable bonds is 6. The molecule has 0 heterocycles. The number of allylic oxidation sites excluding steroid dienone is 1. The molecule has 0 aromatic heterocycles. The molecule has 0 spiro atoms. The van der Waals surface area contributed by atoms with E-state index in [0.717, 1.165) is 22.5 Å². The van der Waals surface area contributed by atoms with Crippen LogP contribution < -0.4 is 5.43 Å². The second-order valence-corrected chi connectivity index (χ2v) is 5.53. The van der Waals surface area contributed by atoms with Crippen LogP contribution >= 0.6 is 0 Å². The molecule has 26 heavy (non-hydrogen) atoms. The zero-order valence-electron chi connectivity index (χ0n) is 13.9. The predicted molar refractivity (Wildman–Crippen MR) is 105 cm³/mol. The van der Waals surface area contributed by atoms with Crippen molar-refractivity contribution in [3.05, 3.63) is 112 Å². The van der Waals surface area contributed by atoms with Crippen LogP contribution in [0.1, 0.15) is 11.1 Å². The van der Waals surface area contributed by atoms with Crippen LogP contribution in [0, 0.1) is 10.1 Å². The SMILES string of the molecule is O=[N+]([O-])c1cccc(/C=C/C(=N\Nc2ccccc2)c2ccccc2)c1. The fourth-order valence-corrected chi connectivity index (χ4v) is 2.36. The molecule has 3 aromatic rings. The molecule has 1 N–H and O–H groups in total. The van der Waals surface area contributed by atoms with Crippen LogP contribution in [0.25, 0.3) is 6.08 Å². The lowest BCUT2D eigenvalue weighted by atomic mass is 10.1. The Hall–Kier alpha value is -3.73. The molecule has 0 unspecified atom stereocenters. The second kappa shape index (κ2) is 8.39. The first-order valence-electron chi connectivity index (χ1n) is 8.09. The van der Waals surface area contributed by atoms with Gasteiger partial charge in [-0.05, 0) is 23.8 Å². The van der Waals surface area contributed by atoms with Gasteiger partial charge in [0.15, 0.2) is 0 Å². The quantitative estimate of drug-likeness (QED) is 0.383. The van der Waals surface area contributed by atoms with Gasteiger partial charge < -0.3 is 0 Å².